The number of nitrogens with one attached hydrogen (secondary N) is 1. The minimum Gasteiger partial charge on any atom is -0.369 e. The Morgan fingerprint density at radius 2 is 1.66 bits per heavy atom. The number of nitrogens with zero attached hydrogens (tertiary/aromatic N) is 2. The molecule has 0 saturated carbocycles. The van der Waals surface area contributed by atoms with Gasteiger partial charge in [0.05, 0.1) is 5.56 Å². The Morgan fingerprint density at radius 1 is 0.966 bits per heavy atom. The van der Waals surface area contributed by atoms with Crippen molar-refractivity contribution in [2.24, 2.45) is 5.92 Å². The summed E-state index contributed by atoms with van der Waals surface area (Å²) in [6, 6.07) is 13.0. The predicted octanol–water partition coefficient (Wildman–Crippen LogP) is 3.71. The summed E-state index contributed by atoms with van der Waals surface area (Å²) >= 11 is 0. The number of carbonyl (C=O) groups excluding carboxylic acids is 1. The van der Waals surface area contributed by atoms with Gasteiger partial charge < -0.3 is 15.1 Å². The molecule has 0 spiro atoms. The van der Waals surface area contributed by atoms with Gasteiger partial charge in [-0.15, -0.1) is 0 Å². The van der Waals surface area contributed by atoms with Gasteiger partial charge in [0.1, 0.15) is 0 Å². The Balaban J connectivity index is 1.47. The van der Waals surface area contributed by atoms with Crippen LogP contribution < -0.4 is 15.1 Å². The first-order valence-corrected chi connectivity index (χ1v) is 9.96. The highest BCUT2D eigenvalue weighted by Crippen LogP contribution is 2.33. The molecule has 29 heavy (non-hydrogen) atoms. The second-order valence-corrected chi connectivity index (χ2v) is 7.59. The average molecular weight is 403 g/mol. The molecule has 0 unspecified atom stereocenters. The molecule has 2 aliphatic heterocycles. The van der Waals surface area contributed by atoms with Crippen molar-refractivity contribution in [1.82, 2.24) is 5.32 Å². The minimum absolute atomic E-state index is 0.0140. The van der Waals surface area contributed by atoms with Gasteiger partial charge in [-0.05, 0) is 48.7 Å². The molecule has 4 nitrogen and oxygen atoms in total. The number of alkyl halides is 3. The lowest BCUT2D eigenvalue weighted by Gasteiger charge is -2.31. The third-order valence-electron chi connectivity index (χ3n) is 5.74. The summed E-state index contributed by atoms with van der Waals surface area (Å²) in [5, 5.41) is 3.35. The number of amides is 1. The predicted molar refractivity (Wildman–Crippen MR) is 107 cm³/mol. The number of piperazine rings is 1. The molecule has 2 saturated heterocycles. The lowest BCUT2D eigenvalue weighted by Crippen LogP contribution is -2.44. The number of benzene rings is 2. The molecule has 1 amide bonds. The molecular weight excluding hydrogens is 379 g/mol. The summed E-state index contributed by atoms with van der Waals surface area (Å²) < 4.78 is 38.3. The fraction of sp³-hybridized carbons (Fsp3) is 0.409. The van der Waals surface area contributed by atoms with E-state index >= 15 is 0 Å². The second-order valence-electron chi connectivity index (χ2n) is 7.59. The van der Waals surface area contributed by atoms with Crippen molar-refractivity contribution in [3.8, 4) is 0 Å². The highest BCUT2D eigenvalue weighted by atomic mass is 19.4. The van der Waals surface area contributed by atoms with E-state index in [1.165, 1.54) is 17.8 Å². The van der Waals surface area contributed by atoms with E-state index in [1.54, 1.807) is 4.90 Å². The lowest BCUT2D eigenvalue weighted by molar-refractivity contribution is -0.137. The Morgan fingerprint density at radius 3 is 2.34 bits per heavy atom. The molecule has 0 radical (unpaired) electrons. The molecule has 2 fully saturated rings. The molecule has 154 valence electrons. The van der Waals surface area contributed by atoms with E-state index < -0.39 is 11.7 Å². The molecule has 1 N–H and O–H groups in total. The molecule has 2 heterocycles. The van der Waals surface area contributed by atoms with E-state index in [1.807, 2.05) is 12.1 Å². The van der Waals surface area contributed by atoms with Crippen molar-refractivity contribution in [2.75, 3.05) is 42.5 Å². The van der Waals surface area contributed by atoms with Crippen LogP contribution in [0.15, 0.2) is 48.5 Å². The first-order chi connectivity index (χ1) is 13.9. The fourth-order valence-corrected chi connectivity index (χ4v) is 4.18. The van der Waals surface area contributed by atoms with E-state index in [0.717, 1.165) is 43.9 Å². The number of hydrogen-bond donors (Lipinski definition) is 1. The van der Waals surface area contributed by atoms with Gasteiger partial charge >= 0.3 is 6.18 Å². The second kappa shape index (κ2) is 8.06. The van der Waals surface area contributed by atoms with Crippen LogP contribution in [0.2, 0.25) is 0 Å². The Kier molecular flexibility index (Phi) is 5.50. The highest BCUT2D eigenvalue weighted by Gasteiger charge is 2.34. The van der Waals surface area contributed by atoms with Gasteiger partial charge in [0.15, 0.2) is 0 Å². The van der Waals surface area contributed by atoms with Gasteiger partial charge in [-0.2, -0.15) is 13.2 Å². The van der Waals surface area contributed by atoms with Crippen LogP contribution in [0.5, 0.6) is 0 Å². The summed E-state index contributed by atoms with van der Waals surface area (Å²) in [5.41, 5.74) is 2.16. The number of anilines is 2. The summed E-state index contributed by atoms with van der Waals surface area (Å²) in [5.74, 6) is -0.166. The van der Waals surface area contributed by atoms with E-state index in [9.17, 15) is 18.0 Å². The third kappa shape index (κ3) is 4.24. The molecule has 1 atom stereocenters. The highest BCUT2D eigenvalue weighted by molar-refractivity contribution is 5.97. The van der Waals surface area contributed by atoms with Crippen molar-refractivity contribution in [3.63, 3.8) is 0 Å². The summed E-state index contributed by atoms with van der Waals surface area (Å²) in [4.78, 5) is 16.9. The van der Waals surface area contributed by atoms with Gasteiger partial charge in [-0.3, -0.25) is 4.79 Å². The van der Waals surface area contributed by atoms with E-state index in [0.29, 0.717) is 25.1 Å². The van der Waals surface area contributed by atoms with Crippen molar-refractivity contribution in [3.05, 3.63) is 59.7 Å². The summed E-state index contributed by atoms with van der Waals surface area (Å²) in [6.07, 6.45) is -3.02. The minimum atomic E-state index is -4.37. The largest absolute Gasteiger partial charge is 0.416 e. The molecule has 2 aromatic carbocycles. The van der Waals surface area contributed by atoms with Crippen LogP contribution >= 0.6 is 0 Å². The van der Waals surface area contributed by atoms with Crippen LogP contribution in [-0.4, -0.2) is 38.6 Å². The molecule has 2 aliphatic rings. The Labute approximate surface area is 168 Å². The first-order valence-electron chi connectivity index (χ1n) is 9.96. The SMILES string of the molecule is O=C1[C@H](Cc2ccccc2N2CCNCC2)CCN1c1ccc(C(F)(F)F)cc1. The molecule has 4 rings (SSSR count). The van der Waals surface area contributed by atoms with E-state index in [4.69, 9.17) is 0 Å². The molecular formula is C22H24F3N3O. The molecule has 0 aromatic heterocycles. The lowest BCUT2D eigenvalue weighted by atomic mass is 9.96. The smallest absolute Gasteiger partial charge is 0.369 e. The summed E-state index contributed by atoms with van der Waals surface area (Å²) in [7, 11) is 0. The van der Waals surface area contributed by atoms with Crippen molar-refractivity contribution in [1.29, 1.82) is 0 Å². The van der Waals surface area contributed by atoms with E-state index in [2.05, 4.69) is 22.3 Å². The Bertz CT molecular complexity index is 860. The van der Waals surface area contributed by atoms with Gasteiger partial charge in [-0.1, -0.05) is 18.2 Å². The normalized spacial score (nSPS) is 20.4. The first kappa shape index (κ1) is 19.8. The van der Waals surface area contributed by atoms with Crippen LogP contribution in [0.1, 0.15) is 17.5 Å². The third-order valence-corrected chi connectivity index (χ3v) is 5.74. The van der Waals surface area contributed by atoms with E-state index in [-0.39, 0.29) is 11.8 Å². The van der Waals surface area contributed by atoms with Gasteiger partial charge in [0.25, 0.3) is 0 Å². The maximum Gasteiger partial charge on any atom is 0.416 e. The van der Waals surface area contributed by atoms with Crippen LogP contribution in [0.3, 0.4) is 0 Å². The van der Waals surface area contributed by atoms with Gasteiger partial charge in [0, 0.05) is 50.0 Å². The quantitative estimate of drug-likeness (QED) is 0.846. The zero-order valence-corrected chi connectivity index (χ0v) is 16.1. The van der Waals surface area contributed by atoms with Gasteiger partial charge in [-0.25, -0.2) is 0 Å². The van der Waals surface area contributed by atoms with Crippen LogP contribution in [0, 0.1) is 5.92 Å². The Hall–Kier alpha value is -2.54. The number of hydrogen-bond acceptors (Lipinski definition) is 3. The standard InChI is InChI=1S/C22H24F3N3O/c23-22(24,25)18-5-7-19(8-6-18)28-12-9-17(21(28)29)15-16-3-1-2-4-20(16)27-13-10-26-11-14-27/h1-8,17,26H,9-15H2/t17-/m0/s1. The molecule has 2 aromatic rings. The fourth-order valence-electron chi connectivity index (χ4n) is 4.18. The van der Waals surface area contributed by atoms with Crippen LogP contribution in [0.25, 0.3) is 0 Å². The number of halogens is 3. The maximum absolute atomic E-state index is 13.0. The molecule has 0 aliphatic carbocycles. The number of carbonyl (C=O) groups is 1. The molecule has 7 heteroatoms. The monoisotopic (exact) mass is 403 g/mol. The number of para-hydroxylation sites is 1. The van der Waals surface area contributed by atoms with Crippen molar-refractivity contribution < 1.29 is 18.0 Å². The van der Waals surface area contributed by atoms with Gasteiger partial charge in [0.2, 0.25) is 5.91 Å². The zero-order valence-electron chi connectivity index (χ0n) is 16.1. The zero-order chi connectivity index (χ0) is 20.4. The van der Waals surface area contributed by atoms with Crippen molar-refractivity contribution in [2.45, 2.75) is 19.0 Å². The molecule has 0 bridgehead atoms. The van der Waals surface area contributed by atoms with Crippen LogP contribution in [-0.2, 0) is 17.4 Å². The van der Waals surface area contributed by atoms with Crippen molar-refractivity contribution >= 4 is 17.3 Å². The maximum atomic E-state index is 13.0. The van der Waals surface area contributed by atoms with Crippen LogP contribution in [0.4, 0.5) is 24.5 Å². The topological polar surface area (TPSA) is 35.6 Å². The summed E-state index contributed by atoms with van der Waals surface area (Å²) in [6.45, 7) is 4.29. The number of rotatable bonds is 4. The average Bonchev–Trinajstić information content (AvgIpc) is 3.09.